The first-order valence-electron chi connectivity index (χ1n) is 12.1. The van der Waals surface area contributed by atoms with Crippen molar-refractivity contribution in [3.8, 4) is 0 Å². The van der Waals surface area contributed by atoms with Crippen LogP contribution in [0.5, 0.6) is 0 Å². The summed E-state index contributed by atoms with van der Waals surface area (Å²) in [5.74, 6) is -1.54. The number of aliphatic imine (C=N–C) groups is 1. The van der Waals surface area contributed by atoms with Gasteiger partial charge in [-0.3, -0.25) is 10.1 Å². The number of anilines is 1. The van der Waals surface area contributed by atoms with E-state index in [-0.39, 0.29) is 22.9 Å². The van der Waals surface area contributed by atoms with Crippen molar-refractivity contribution in [1.82, 2.24) is 10.2 Å². The molecular formula is C26H28F4N4O4. The Morgan fingerprint density at radius 3 is 2.42 bits per heavy atom. The Morgan fingerprint density at radius 2 is 1.79 bits per heavy atom. The molecule has 2 atom stereocenters. The second-order valence-electron chi connectivity index (χ2n) is 9.41. The second kappa shape index (κ2) is 11.0. The van der Waals surface area contributed by atoms with Gasteiger partial charge in [-0.05, 0) is 50.1 Å². The molecule has 0 unspecified atom stereocenters. The number of urea groups is 1. The molecule has 0 bridgehead atoms. The number of rotatable bonds is 4. The van der Waals surface area contributed by atoms with Crippen LogP contribution in [0.4, 0.5) is 28.0 Å². The number of carbonyl (C=O) groups excluding carboxylic acids is 2. The number of methoxy groups -OCH3 is 1. The molecule has 204 valence electrons. The molecule has 4 rings (SSSR count). The van der Waals surface area contributed by atoms with Crippen LogP contribution in [0.1, 0.15) is 42.1 Å². The summed E-state index contributed by atoms with van der Waals surface area (Å²) in [4.78, 5) is 31.1. The van der Waals surface area contributed by atoms with Crippen LogP contribution in [-0.4, -0.2) is 61.4 Å². The van der Waals surface area contributed by atoms with E-state index in [0.29, 0.717) is 25.9 Å². The van der Waals surface area contributed by atoms with Crippen LogP contribution < -0.4 is 10.6 Å². The van der Waals surface area contributed by atoms with E-state index < -0.39 is 48.0 Å². The van der Waals surface area contributed by atoms with Crippen molar-refractivity contribution in [1.29, 1.82) is 0 Å². The van der Waals surface area contributed by atoms with Gasteiger partial charge in [-0.15, -0.1) is 0 Å². The van der Waals surface area contributed by atoms with Crippen molar-refractivity contribution in [2.24, 2.45) is 4.99 Å². The zero-order chi connectivity index (χ0) is 27.5. The van der Waals surface area contributed by atoms with E-state index >= 15 is 4.39 Å². The number of piperidine rings is 1. The van der Waals surface area contributed by atoms with Gasteiger partial charge in [0.25, 0.3) is 11.9 Å². The van der Waals surface area contributed by atoms with Crippen LogP contribution in [0, 0.1) is 5.82 Å². The molecule has 0 aliphatic carbocycles. The molecule has 1 fully saturated rings. The number of halogens is 4. The quantitative estimate of drug-likeness (QED) is 0.548. The molecule has 2 aliphatic heterocycles. The van der Waals surface area contributed by atoms with Crippen LogP contribution in [0.15, 0.2) is 53.5 Å². The van der Waals surface area contributed by atoms with E-state index in [4.69, 9.17) is 9.47 Å². The third kappa shape index (κ3) is 6.24. The number of benzene rings is 2. The molecule has 38 heavy (non-hydrogen) atoms. The van der Waals surface area contributed by atoms with Gasteiger partial charge in [0.1, 0.15) is 5.82 Å². The first-order chi connectivity index (χ1) is 18.0. The standard InChI is InChI=1S/C26H28F4N4O4/c1-25(15-21(26(28,29)30)38-23(33-25)32-22(35)16-6-4-3-5-7-16)19-14-17(8-9-20(19)27)31-24(36)34-12-10-18(37-2)11-13-34/h3-9,14,18,21H,10-13,15H2,1-2H3,(H,31,36)(H,32,33,35)/t21-,25-/m0/s1. The minimum absolute atomic E-state index is 0.0703. The maximum Gasteiger partial charge on any atom is 0.425 e. The maximum absolute atomic E-state index is 15.0. The molecule has 0 aromatic heterocycles. The van der Waals surface area contributed by atoms with Crippen LogP contribution in [0.25, 0.3) is 0 Å². The lowest BCUT2D eigenvalue weighted by Gasteiger charge is -2.37. The molecule has 12 heteroatoms. The van der Waals surface area contributed by atoms with Gasteiger partial charge in [0, 0.05) is 43.4 Å². The Hall–Kier alpha value is -3.67. The molecule has 0 saturated carbocycles. The van der Waals surface area contributed by atoms with Crippen LogP contribution in [0.3, 0.4) is 0 Å². The number of amidine groups is 1. The zero-order valence-electron chi connectivity index (χ0n) is 20.8. The summed E-state index contributed by atoms with van der Waals surface area (Å²) in [5, 5.41) is 4.94. The SMILES string of the molecule is COC1CCN(C(=O)Nc2ccc(F)c([C@]3(C)C[C@@H](C(F)(F)F)OC(NC(=O)c4ccccc4)=N3)c2)CC1. The molecule has 2 heterocycles. The lowest BCUT2D eigenvalue weighted by molar-refractivity contribution is -0.208. The fourth-order valence-electron chi connectivity index (χ4n) is 4.52. The summed E-state index contributed by atoms with van der Waals surface area (Å²) in [6, 6.07) is 10.4. The number of hydrogen-bond donors (Lipinski definition) is 2. The van der Waals surface area contributed by atoms with Crippen molar-refractivity contribution in [2.75, 3.05) is 25.5 Å². The summed E-state index contributed by atoms with van der Waals surface area (Å²) >= 11 is 0. The highest BCUT2D eigenvalue weighted by Crippen LogP contribution is 2.41. The van der Waals surface area contributed by atoms with E-state index in [0.717, 1.165) is 6.07 Å². The number of amides is 3. The fraction of sp³-hybridized carbons (Fsp3) is 0.423. The van der Waals surface area contributed by atoms with Gasteiger partial charge >= 0.3 is 12.2 Å². The highest BCUT2D eigenvalue weighted by atomic mass is 19.4. The summed E-state index contributed by atoms with van der Waals surface area (Å²) in [7, 11) is 1.61. The number of ether oxygens (including phenoxy) is 2. The number of carbonyl (C=O) groups is 2. The van der Waals surface area contributed by atoms with Crippen LogP contribution in [-0.2, 0) is 15.0 Å². The molecule has 3 amide bonds. The number of alkyl halides is 3. The molecule has 2 aromatic rings. The molecule has 2 N–H and O–H groups in total. The molecule has 1 saturated heterocycles. The van der Waals surface area contributed by atoms with Gasteiger partial charge in [0.2, 0.25) is 0 Å². The van der Waals surface area contributed by atoms with E-state index in [1.165, 1.54) is 31.2 Å². The summed E-state index contributed by atoms with van der Waals surface area (Å²) in [5.41, 5.74) is -1.57. The first-order valence-corrected chi connectivity index (χ1v) is 12.1. The van der Waals surface area contributed by atoms with E-state index in [9.17, 15) is 22.8 Å². The minimum atomic E-state index is -4.81. The molecule has 8 nitrogen and oxygen atoms in total. The smallest absolute Gasteiger partial charge is 0.425 e. The molecule has 0 radical (unpaired) electrons. The number of likely N-dealkylation sites (tertiary alicyclic amines) is 1. The van der Waals surface area contributed by atoms with Crippen molar-refractivity contribution in [3.63, 3.8) is 0 Å². The van der Waals surface area contributed by atoms with Crippen molar-refractivity contribution < 1.29 is 36.6 Å². The Balaban J connectivity index is 1.59. The lowest BCUT2D eigenvalue weighted by atomic mass is 9.85. The van der Waals surface area contributed by atoms with Crippen LogP contribution >= 0.6 is 0 Å². The van der Waals surface area contributed by atoms with Gasteiger partial charge in [0.15, 0.2) is 6.10 Å². The van der Waals surface area contributed by atoms with Gasteiger partial charge in [0.05, 0.1) is 11.6 Å². The number of nitrogens with one attached hydrogen (secondary N) is 2. The Labute approximate surface area is 217 Å². The third-order valence-electron chi connectivity index (χ3n) is 6.67. The summed E-state index contributed by atoms with van der Waals surface area (Å²) in [6.45, 7) is 2.26. The summed E-state index contributed by atoms with van der Waals surface area (Å²) < 4.78 is 66.7. The normalized spacial score (nSPS) is 22.3. The highest BCUT2D eigenvalue weighted by molar-refractivity contribution is 6.04. The Bertz CT molecular complexity index is 1200. The van der Waals surface area contributed by atoms with E-state index in [1.807, 2.05) is 0 Å². The minimum Gasteiger partial charge on any atom is -0.452 e. The zero-order valence-corrected chi connectivity index (χ0v) is 20.8. The molecular weight excluding hydrogens is 508 g/mol. The fourth-order valence-corrected chi connectivity index (χ4v) is 4.52. The van der Waals surface area contributed by atoms with Crippen molar-refractivity contribution in [2.45, 2.75) is 50.1 Å². The third-order valence-corrected chi connectivity index (χ3v) is 6.67. The monoisotopic (exact) mass is 536 g/mol. The predicted octanol–water partition coefficient (Wildman–Crippen LogP) is 4.82. The van der Waals surface area contributed by atoms with Gasteiger partial charge in [-0.1, -0.05) is 18.2 Å². The molecule has 2 aromatic carbocycles. The number of nitrogens with zero attached hydrogens (tertiary/aromatic N) is 2. The van der Waals surface area contributed by atoms with Gasteiger partial charge in [-0.25, -0.2) is 14.2 Å². The summed E-state index contributed by atoms with van der Waals surface area (Å²) in [6.07, 6.45) is -6.49. The Morgan fingerprint density at radius 1 is 1.11 bits per heavy atom. The largest absolute Gasteiger partial charge is 0.452 e. The second-order valence-corrected chi connectivity index (χ2v) is 9.41. The molecule has 2 aliphatic rings. The lowest BCUT2D eigenvalue weighted by Crippen LogP contribution is -2.48. The van der Waals surface area contributed by atoms with Gasteiger partial charge in [-0.2, -0.15) is 13.2 Å². The first kappa shape index (κ1) is 27.4. The average Bonchev–Trinajstić information content (AvgIpc) is 2.89. The predicted molar refractivity (Wildman–Crippen MR) is 131 cm³/mol. The van der Waals surface area contributed by atoms with E-state index in [1.54, 1.807) is 30.2 Å². The van der Waals surface area contributed by atoms with E-state index in [2.05, 4.69) is 15.6 Å². The van der Waals surface area contributed by atoms with Crippen molar-refractivity contribution in [3.05, 3.63) is 65.5 Å². The highest BCUT2D eigenvalue weighted by Gasteiger charge is 2.50. The molecule has 0 spiro atoms. The maximum atomic E-state index is 15.0. The van der Waals surface area contributed by atoms with Gasteiger partial charge < -0.3 is 19.7 Å². The van der Waals surface area contributed by atoms with Crippen LogP contribution in [0.2, 0.25) is 0 Å². The number of hydrogen-bond acceptors (Lipinski definition) is 5. The average molecular weight is 537 g/mol. The topological polar surface area (TPSA) is 92.3 Å². The van der Waals surface area contributed by atoms with Crippen molar-refractivity contribution >= 4 is 23.6 Å². The Kier molecular flexibility index (Phi) is 7.91.